The lowest BCUT2D eigenvalue weighted by Crippen LogP contribution is -2.53. The fourth-order valence-corrected chi connectivity index (χ4v) is 4.52. The maximum absolute atomic E-state index is 6.41. The van der Waals surface area contributed by atoms with Gasteiger partial charge in [-0.05, 0) is 38.6 Å². The first kappa shape index (κ1) is 16.3. The van der Waals surface area contributed by atoms with Crippen LogP contribution in [0.2, 0.25) is 0 Å². The van der Waals surface area contributed by atoms with Crippen molar-refractivity contribution >= 4 is 0 Å². The quantitative estimate of drug-likeness (QED) is 0.684. The Bertz CT molecular complexity index is 252. The predicted octanol–water partition coefficient (Wildman–Crippen LogP) is 4.67. The first-order valence-electron chi connectivity index (χ1n) is 9.18. The Morgan fingerprint density at radius 1 is 1.00 bits per heavy atom. The Morgan fingerprint density at radius 3 is 2.20 bits per heavy atom. The third kappa shape index (κ3) is 4.21. The summed E-state index contributed by atoms with van der Waals surface area (Å²) in [6.45, 7) is 6.36. The van der Waals surface area contributed by atoms with E-state index in [1.54, 1.807) is 0 Å². The zero-order valence-corrected chi connectivity index (χ0v) is 13.8. The standard InChI is InChI=1S/C18H35NO/c1-3-19-17(15-16-11-7-8-12-16)18(20-4-2)13-9-5-6-10-14-18/h16-17,19H,3-15H2,1-2H3. The lowest BCUT2D eigenvalue weighted by atomic mass is 9.80. The van der Waals surface area contributed by atoms with Crippen molar-refractivity contribution in [3.63, 3.8) is 0 Å². The molecule has 118 valence electrons. The van der Waals surface area contributed by atoms with Crippen LogP contribution in [0.15, 0.2) is 0 Å². The molecule has 0 heterocycles. The summed E-state index contributed by atoms with van der Waals surface area (Å²) in [4.78, 5) is 0. The minimum absolute atomic E-state index is 0.129. The molecule has 2 heteroatoms. The lowest BCUT2D eigenvalue weighted by molar-refractivity contribution is -0.0811. The summed E-state index contributed by atoms with van der Waals surface area (Å²) < 4.78 is 6.41. The number of likely N-dealkylation sites (N-methyl/N-ethyl adjacent to an activating group) is 1. The highest BCUT2D eigenvalue weighted by Gasteiger charge is 2.40. The molecule has 1 N–H and O–H groups in total. The van der Waals surface area contributed by atoms with Crippen LogP contribution in [-0.2, 0) is 4.74 Å². The number of rotatable bonds is 7. The second kappa shape index (κ2) is 8.38. The maximum Gasteiger partial charge on any atom is 0.0834 e. The van der Waals surface area contributed by atoms with Gasteiger partial charge in [0, 0.05) is 12.6 Å². The first-order chi connectivity index (χ1) is 9.80. The molecule has 2 aliphatic rings. The maximum atomic E-state index is 6.41. The van der Waals surface area contributed by atoms with Gasteiger partial charge < -0.3 is 10.1 Å². The Hall–Kier alpha value is -0.0800. The minimum Gasteiger partial charge on any atom is -0.374 e. The number of hydrogen-bond donors (Lipinski definition) is 1. The summed E-state index contributed by atoms with van der Waals surface area (Å²) in [5.74, 6) is 0.944. The molecule has 1 atom stereocenters. The van der Waals surface area contributed by atoms with Gasteiger partial charge in [-0.15, -0.1) is 0 Å². The van der Waals surface area contributed by atoms with E-state index in [1.165, 1.54) is 70.6 Å². The van der Waals surface area contributed by atoms with E-state index in [4.69, 9.17) is 4.74 Å². The van der Waals surface area contributed by atoms with E-state index in [-0.39, 0.29) is 5.60 Å². The molecule has 0 amide bonds. The fraction of sp³-hybridized carbons (Fsp3) is 1.00. The van der Waals surface area contributed by atoms with Crippen LogP contribution < -0.4 is 5.32 Å². The van der Waals surface area contributed by atoms with Gasteiger partial charge in [0.05, 0.1) is 5.60 Å². The van der Waals surface area contributed by atoms with E-state index in [9.17, 15) is 0 Å². The topological polar surface area (TPSA) is 21.3 Å². The van der Waals surface area contributed by atoms with Crippen LogP contribution in [0, 0.1) is 5.92 Å². The number of nitrogens with one attached hydrogen (secondary N) is 1. The van der Waals surface area contributed by atoms with E-state index in [1.807, 2.05) is 0 Å². The number of ether oxygens (including phenoxy) is 1. The van der Waals surface area contributed by atoms with Crippen molar-refractivity contribution < 1.29 is 4.74 Å². The highest BCUT2D eigenvalue weighted by Crippen LogP contribution is 2.38. The summed E-state index contributed by atoms with van der Waals surface area (Å²) in [5, 5.41) is 3.81. The monoisotopic (exact) mass is 281 g/mol. The molecule has 2 nitrogen and oxygen atoms in total. The Balaban J connectivity index is 2.07. The molecule has 2 fully saturated rings. The molecule has 2 saturated carbocycles. The van der Waals surface area contributed by atoms with E-state index in [0.717, 1.165) is 19.1 Å². The summed E-state index contributed by atoms with van der Waals surface area (Å²) in [6.07, 6.45) is 15.2. The molecule has 0 saturated heterocycles. The van der Waals surface area contributed by atoms with Gasteiger partial charge in [-0.2, -0.15) is 0 Å². The average molecular weight is 281 g/mol. The van der Waals surface area contributed by atoms with Gasteiger partial charge in [0.25, 0.3) is 0 Å². The number of hydrogen-bond acceptors (Lipinski definition) is 2. The Morgan fingerprint density at radius 2 is 1.65 bits per heavy atom. The molecule has 0 aromatic rings. The predicted molar refractivity (Wildman–Crippen MR) is 86.1 cm³/mol. The van der Waals surface area contributed by atoms with Crippen LogP contribution in [0.5, 0.6) is 0 Å². The highest BCUT2D eigenvalue weighted by molar-refractivity contribution is 4.96. The average Bonchev–Trinajstić information content (AvgIpc) is 2.84. The van der Waals surface area contributed by atoms with Crippen LogP contribution in [-0.4, -0.2) is 24.8 Å². The van der Waals surface area contributed by atoms with Gasteiger partial charge in [0.15, 0.2) is 0 Å². The van der Waals surface area contributed by atoms with E-state index in [0.29, 0.717) is 6.04 Å². The molecule has 2 rings (SSSR count). The summed E-state index contributed by atoms with van der Waals surface area (Å²) in [6, 6.07) is 0.577. The van der Waals surface area contributed by atoms with Crippen LogP contribution in [0.3, 0.4) is 0 Å². The van der Waals surface area contributed by atoms with Crippen molar-refractivity contribution in [3.05, 3.63) is 0 Å². The highest BCUT2D eigenvalue weighted by atomic mass is 16.5. The minimum atomic E-state index is 0.129. The summed E-state index contributed by atoms with van der Waals surface area (Å²) in [5.41, 5.74) is 0.129. The zero-order chi connectivity index (χ0) is 14.3. The third-order valence-corrected chi connectivity index (χ3v) is 5.51. The molecule has 0 aromatic carbocycles. The molecule has 20 heavy (non-hydrogen) atoms. The SMILES string of the molecule is CCNC(CC1CCCC1)C1(OCC)CCCCCC1. The Labute approximate surface area is 126 Å². The van der Waals surface area contributed by atoms with Crippen molar-refractivity contribution in [1.29, 1.82) is 0 Å². The van der Waals surface area contributed by atoms with E-state index in [2.05, 4.69) is 19.2 Å². The Kier molecular flexibility index (Phi) is 6.83. The van der Waals surface area contributed by atoms with Crippen molar-refractivity contribution in [2.45, 2.75) is 96.1 Å². The van der Waals surface area contributed by atoms with Gasteiger partial charge in [0.2, 0.25) is 0 Å². The first-order valence-corrected chi connectivity index (χ1v) is 9.18. The van der Waals surface area contributed by atoms with Gasteiger partial charge in [-0.25, -0.2) is 0 Å². The van der Waals surface area contributed by atoms with E-state index >= 15 is 0 Å². The fourth-order valence-electron chi connectivity index (χ4n) is 4.52. The molecule has 2 aliphatic carbocycles. The molecule has 0 aliphatic heterocycles. The van der Waals surface area contributed by atoms with Gasteiger partial charge >= 0.3 is 0 Å². The molecule has 0 radical (unpaired) electrons. The molecular weight excluding hydrogens is 246 g/mol. The van der Waals surface area contributed by atoms with Crippen molar-refractivity contribution in [3.8, 4) is 0 Å². The van der Waals surface area contributed by atoms with Crippen LogP contribution >= 0.6 is 0 Å². The van der Waals surface area contributed by atoms with Gasteiger partial charge in [0.1, 0.15) is 0 Å². The summed E-state index contributed by atoms with van der Waals surface area (Å²) >= 11 is 0. The third-order valence-electron chi connectivity index (χ3n) is 5.51. The molecule has 0 aromatic heterocycles. The van der Waals surface area contributed by atoms with E-state index < -0.39 is 0 Å². The van der Waals surface area contributed by atoms with Crippen LogP contribution in [0.4, 0.5) is 0 Å². The molecule has 1 unspecified atom stereocenters. The van der Waals surface area contributed by atoms with Crippen molar-refractivity contribution in [1.82, 2.24) is 5.32 Å². The normalized spacial score (nSPS) is 25.5. The molecule has 0 spiro atoms. The van der Waals surface area contributed by atoms with Gasteiger partial charge in [-0.1, -0.05) is 58.3 Å². The smallest absolute Gasteiger partial charge is 0.0834 e. The van der Waals surface area contributed by atoms with Crippen molar-refractivity contribution in [2.24, 2.45) is 5.92 Å². The van der Waals surface area contributed by atoms with Crippen LogP contribution in [0.1, 0.15) is 84.5 Å². The van der Waals surface area contributed by atoms with Crippen molar-refractivity contribution in [2.75, 3.05) is 13.2 Å². The van der Waals surface area contributed by atoms with Gasteiger partial charge in [-0.3, -0.25) is 0 Å². The zero-order valence-electron chi connectivity index (χ0n) is 13.8. The second-order valence-corrected chi connectivity index (χ2v) is 6.91. The summed E-state index contributed by atoms with van der Waals surface area (Å²) in [7, 11) is 0. The molecule has 0 bridgehead atoms. The second-order valence-electron chi connectivity index (χ2n) is 6.91. The largest absolute Gasteiger partial charge is 0.374 e. The molecular formula is C18H35NO. The van der Waals surface area contributed by atoms with Crippen LogP contribution in [0.25, 0.3) is 0 Å². The lowest BCUT2D eigenvalue weighted by Gasteiger charge is -2.42.